The second kappa shape index (κ2) is 7.07. The molecule has 0 aliphatic carbocycles. The second-order valence-electron chi connectivity index (χ2n) is 6.47. The average molecular weight is 378 g/mol. The lowest BCUT2D eigenvalue weighted by molar-refractivity contribution is -0.137. The summed E-state index contributed by atoms with van der Waals surface area (Å²) in [6.45, 7) is 4.19. The quantitative estimate of drug-likeness (QED) is 0.592. The molecule has 0 fully saturated rings. The molecular weight excluding hydrogens is 357 g/mol. The molecule has 0 saturated heterocycles. The molecule has 0 amide bonds. The van der Waals surface area contributed by atoms with Gasteiger partial charge in [0.15, 0.2) is 5.82 Å². The third kappa shape index (κ3) is 4.13. The first-order valence-electron chi connectivity index (χ1n) is 8.42. The first-order chi connectivity index (χ1) is 12.7. The van der Waals surface area contributed by atoms with Gasteiger partial charge in [-0.15, -0.1) is 0 Å². The maximum atomic E-state index is 13.1. The van der Waals surface area contributed by atoms with E-state index in [1.54, 1.807) is 18.4 Å². The maximum absolute atomic E-state index is 13.1. The number of nitrogen functional groups attached to an aromatic ring is 1. The van der Waals surface area contributed by atoms with Crippen molar-refractivity contribution in [3.05, 3.63) is 53.0 Å². The number of hydrogen-bond donors (Lipinski definition) is 3. The predicted octanol–water partition coefficient (Wildman–Crippen LogP) is 3.53. The second-order valence-corrected chi connectivity index (χ2v) is 6.47. The highest BCUT2D eigenvalue weighted by Gasteiger charge is 2.31. The van der Waals surface area contributed by atoms with Crippen molar-refractivity contribution in [3.63, 3.8) is 0 Å². The number of aromatic nitrogens is 3. The largest absolute Gasteiger partial charge is 0.416 e. The molecule has 2 heterocycles. The minimum Gasteiger partial charge on any atom is -0.399 e. The molecule has 4 N–H and O–H groups in total. The van der Waals surface area contributed by atoms with Crippen molar-refractivity contribution in [2.75, 3.05) is 18.1 Å². The molecule has 0 aliphatic heterocycles. The molecule has 0 bridgehead atoms. The first-order valence-corrected chi connectivity index (χ1v) is 8.42. The van der Waals surface area contributed by atoms with E-state index in [9.17, 15) is 13.2 Å². The van der Waals surface area contributed by atoms with E-state index in [-0.39, 0.29) is 5.69 Å². The fourth-order valence-corrected chi connectivity index (χ4v) is 2.95. The summed E-state index contributed by atoms with van der Waals surface area (Å²) in [4.78, 5) is 4.42. The lowest BCUT2D eigenvalue weighted by atomic mass is 10.0. The van der Waals surface area contributed by atoms with E-state index in [1.165, 1.54) is 6.07 Å². The zero-order valence-electron chi connectivity index (χ0n) is 15.2. The Morgan fingerprint density at radius 1 is 1.22 bits per heavy atom. The summed E-state index contributed by atoms with van der Waals surface area (Å²) in [5.41, 5.74) is 7.17. The molecule has 3 rings (SSSR count). The molecule has 3 aromatic rings. The number of nitrogens with zero attached hydrogens (tertiary/aromatic N) is 3. The van der Waals surface area contributed by atoms with Crippen molar-refractivity contribution in [1.29, 1.82) is 0 Å². The maximum Gasteiger partial charge on any atom is 0.416 e. The number of hydrogen-bond acceptors (Lipinski definition) is 5. The number of nitrogens with one attached hydrogen (secondary N) is 2. The predicted molar refractivity (Wildman–Crippen MR) is 98.4 cm³/mol. The number of anilines is 2. The molecule has 0 radical (unpaired) electrons. The van der Waals surface area contributed by atoms with Gasteiger partial charge in [0.1, 0.15) is 11.3 Å². The zero-order valence-corrected chi connectivity index (χ0v) is 15.2. The Morgan fingerprint density at radius 2 is 1.96 bits per heavy atom. The summed E-state index contributed by atoms with van der Waals surface area (Å²) in [5.74, 6) is 1.10. The Kier molecular flexibility index (Phi) is 4.97. The summed E-state index contributed by atoms with van der Waals surface area (Å²) >= 11 is 0. The van der Waals surface area contributed by atoms with Crippen molar-refractivity contribution in [1.82, 2.24) is 19.9 Å². The summed E-state index contributed by atoms with van der Waals surface area (Å²) in [6, 6.07) is 5.06. The van der Waals surface area contributed by atoms with Gasteiger partial charge in [-0.25, -0.2) is 9.50 Å². The summed E-state index contributed by atoms with van der Waals surface area (Å²) < 4.78 is 40.9. The fraction of sp³-hybridized carbons (Fsp3) is 0.333. The minimum absolute atomic E-state index is 0.0662. The minimum atomic E-state index is -4.45. The molecule has 27 heavy (non-hydrogen) atoms. The van der Waals surface area contributed by atoms with Crippen LogP contribution < -0.4 is 16.4 Å². The molecule has 144 valence electrons. The molecule has 1 aromatic carbocycles. The van der Waals surface area contributed by atoms with E-state index in [0.717, 1.165) is 23.2 Å². The number of rotatable bonds is 5. The van der Waals surface area contributed by atoms with E-state index in [4.69, 9.17) is 5.73 Å². The normalized spacial score (nSPS) is 13.1. The van der Waals surface area contributed by atoms with E-state index in [1.807, 2.05) is 19.3 Å². The SMILES string of the molecule is CNCc1cc2c(N[C@H](C)c3cc(N)cc(C(F)(F)F)c3)nc(C)nn2c1. The van der Waals surface area contributed by atoms with Crippen LogP contribution in [0.2, 0.25) is 0 Å². The summed E-state index contributed by atoms with van der Waals surface area (Å²) in [6.07, 6.45) is -2.56. The van der Waals surface area contributed by atoms with Crippen molar-refractivity contribution < 1.29 is 13.2 Å². The third-order valence-corrected chi connectivity index (χ3v) is 4.16. The van der Waals surface area contributed by atoms with Crippen molar-refractivity contribution in [2.24, 2.45) is 0 Å². The molecular formula is C18H21F3N6. The average Bonchev–Trinajstić information content (AvgIpc) is 2.96. The number of fused-ring (bicyclic) bond motifs is 1. The van der Waals surface area contributed by atoms with Crippen LogP contribution >= 0.6 is 0 Å². The van der Waals surface area contributed by atoms with Crippen molar-refractivity contribution >= 4 is 17.0 Å². The molecule has 0 unspecified atom stereocenters. The summed E-state index contributed by atoms with van der Waals surface area (Å²) in [5, 5.41) is 10.6. The first kappa shape index (κ1) is 19.0. The van der Waals surface area contributed by atoms with Crippen LogP contribution in [-0.4, -0.2) is 21.6 Å². The monoisotopic (exact) mass is 378 g/mol. The van der Waals surface area contributed by atoms with E-state index in [0.29, 0.717) is 23.8 Å². The number of halogens is 3. The topological polar surface area (TPSA) is 80.3 Å². The molecule has 0 aliphatic rings. The van der Waals surface area contributed by atoms with Crippen LogP contribution in [-0.2, 0) is 12.7 Å². The molecule has 9 heteroatoms. The highest BCUT2D eigenvalue weighted by molar-refractivity contribution is 5.69. The number of benzene rings is 1. The molecule has 0 spiro atoms. The molecule has 0 saturated carbocycles. The van der Waals surface area contributed by atoms with E-state index < -0.39 is 17.8 Å². The van der Waals surface area contributed by atoms with Crippen LogP contribution in [0.5, 0.6) is 0 Å². The highest BCUT2D eigenvalue weighted by atomic mass is 19.4. The van der Waals surface area contributed by atoms with Crippen LogP contribution in [0, 0.1) is 6.92 Å². The van der Waals surface area contributed by atoms with Gasteiger partial charge in [0.05, 0.1) is 11.6 Å². The van der Waals surface area contributed by atoms with E-state index >= 15 is 0 Å². The lowest BCUT2D eigenvalue weighted by Gasteiger charge is -2.18. The Morgan fingerprint density at radius 3 is 2.63 bits per heavy atom. The van der Waals surface area contributed by atoms with E-state index in [2.05, 4.69) is 20.7 Å². The van der Waals surface area contributed by atoms with Gasteiger partial charge in [0, 0.05) is 18.4 Å². The number of aryl methyl sites for hydroxylation is 1. The Hall–Kier alpha value is -2.81. The Labute approximate surface area is 154 Å². The van der Waals surface area contributed by atoms with Gasteiger partial charge in [0.2, 0.25) is 0 Å². The number of alkyl halides is 3. The standard InChI is InChI=1S/C18H21F3N6/c1-10(13-5-14(18(19,20)21)7-15(22)6-13)24-17-16-4-12(8-23-3)9-27(16)26-11(2)25-17/h4-7,9-10,23H,8,22H2,1-3H3,(H,24,25,26)/t10-/m1/s1. The van der Waals surface area contributed by atoms with Gasteiger partial charge in [-0.05, 0) is 56.3 Å². The van der Waals surface area contributed by atoms with Gasteiger partial charge < -0.3 is 16.4 Å². The highest BCUT2D eigenvalue weighted by Crippen LogP contribution is 2.33. The lowest BCUT2D eigenvalue weighted by Crippen LogP contribution is -2.13. The summed E-state index contributed by atoms with van der Waals surface area (Å²) in [7, 11) is 1.85. The zero-order chi connectivity index (χ0) is 19.8. The molecule has 1 atom stereocenters. The van der Waals surface area contributed by atoms with Crippen molar-refractivity contribution in [3.8, 4) is 0 Å². The van der Waals surface area contributed by atoms with Crippen LogP contribution in [0.4, 0.5) is 24.7 Å². The Balaban J connectivity index is 1.96. The van der Waals surface area contributed by atoms with Gasteiger partial charge in [-0.1, -0.05) is 0 Å². The Bertz CT molecular complexity index is 964. The molecule has 2 aromatic heterocycles. The van der Waals surface area contributed by atoms with Gasteiger partial charge in [-0.2, -0.15) is 18.3 Å². The van der Waals surface area contributed by atoms with Gasteiger partial charge >= 0.3 is 6.18 Å². The number of nitrogens with two attached hydrogens (primary N) is 1. The van der Waals surface area contributed by atoms with Crippen LogP contribution in [0.15, 0.2) is 30.5 Å². The van der Waals surface area contributed by atoms with Crippen molar-refractivity contribution in [2.45, 2.75) is 32.6 Å². The third-order valence-electron chi connectivity index (χ3n) is 4.16. The van der Waals surface area contributed by atoms with Crippen LogP contribution in [0.1, 0.15) is 35.5 Å². The smallest absolute Gasteiger partial charge is 0.399 e. The van der Waals surface area contributed by atoms with Gasteiger partial charge in [-0.3, -0.25) is 0 Å². The van der Waals surface area contributed by atoms with Crippen LogP contribution in [0.25, 0.3) is 5.52 Å². The molecule has 6 nitrogen and oxygen atoms in total. The van der Waals surface area contributed by atoms with Gasteiger partial charge in [0.25, 0.3) is 0 Å². The fourth-order valence-electron chi connectivity index (χ4n) is 2.95. The van der Waals surface area contributed by atoms with Crippen LogP contribution in [0.3, 0.4) is 0 Å².